The van der Waals surface area contributed by atoms with Crippen molar-refractivity contribution in [2.24, 2.45) is 0 Å². The molecule has 0 saturated carbocycles. The molecule has 0 aliphatic carbocycles. The van der Waals surface area contributed by atoms with Crippen LogP contribution in [0.15, 0.2) is 72.8 Å². The maximum Gasteiger partial charge on any atom is 0.243 e. The van der Waals surface area contributed by atoms with Gasteiger partial charge in [0.1, 0.15) is 11.9 Å². The predicted octanol–water partition coefficient (Wildman–Crippen LogP) is 5.50. The van der Waals surface area contributed by atoms with Crippen molar-refractivity contribution >= 4 is 23.4 Å². The molecule has 0 heterocycles. The Labute approximate surface area is 205 Å². The zero-order valence-electron chi connectivity index (χ0n) is 19.6. The van der Waals surface area contributed by atoms with Crippen LogP contribution < -0.4 is 5.32 Å². The molecule has 3 aromatic rings. The van der Waals surface area contributed by atoms with Crippen LogP contribution in [-0.4, -0.2) is 29.3 Å². The molecule has 2 amide bonds. The van der Waals surface area contributed by atoms with Crippen LogP contribution in [0.4, 0.5) is 4.39 Å². The highest BCUT2D eigenvalue weighted by Gasteiger charge is 2.31. The molecule has 0 radical (unpaired) electrons. The van der Waals surface area contributed by atoms with Crippen molar-refractivity contribution in [1.82, 2.24) is 10.2 Å². The summed E-state index contributed by atoms with van der Waals surface area (Å²) in [4.78, 5) is 28.5. The molecule has 0 bridgehead atoms. The Kier molecular flexibility index (Phi) is 9.23. The number of nitrogens with one attached hydrogen (secondary N) is 1. The van der Waals surface area contributed by atoms with E-state index in [2.05, 4.69) is 5.32 Å². The highest BCUT2D eigenvalue weighted by atomic mass is 35.5. The Morgan fingerprint density at radius 2 is 1.71 bits per heavy atom. The fourth-order valence-corrected chi connectivity index (χ4v) is 4.07. The van der Waals surface area contributed by atoms with E-state index < -0.39 is 11.9 Å². The fourth-order valence-electron chi connectivity index (χ4n) is 3.84. The van der Waals surface area contributed by atoms with Gasteiger partial charge in [0, 0.05) is 30.1 Å². The van der Waals surface area contributed by atoms with E-state index in [0.29, 0.717) is 13.0 Å². The van der Waals surface area contributed by atoms with Crippen molar-refractivity contribution in [3.05, 3.63) is 106 Å². The van der Waals surface area contributed by atoms with E-state index in [1.54, 1.807) is 11.0 Å². The minimum atomic E-state index is -0.758. The summed E-state index contributed by atoms with van der Waals surface area (Å²) in [7, 11) is 0. The molecule has 4 nitrogen and oxygen atoms in total. The molecule has 0 aliphatic rings. The number of aryl methyl sites for hydroxylation is 1. The number of amides is 2. The third-order valence-electron chi connectivity index (χ3n) is 5.81. The molecule has 34 heavy (non-hydrogen) atoms. The molecule has 0 aliphatic heterocycles. The van der Waals surface area contributed by atoms with Gasteiger partial charge in [-0.15, -0.1) is 0 Å². The quantitative estimate of drug-likeness (QED) is 0.416. The zero-order valence-corrected chi connectivity index (χ0v) is 20.3. The van der Waals surface area contributed by atoms with Crippen LogP contribution >= 0.6 is 11.6 Å². The lowest BCUT2D eigenvalue weighted by molar-refractivity contribution is -0.140. The molecule has 3 rings (SSSR count). The Balaban J connectivity index is 2.00. The molecule has 3 aromatic carbocycles. The van der Waals surface area contributed by atoms with Gasteiger partial charge in [-0.2, -0.15) is 0 Å². The van der Waals surface area contributed by atoms with E-state index >= 15 is 0 Å². The number of hydrogen-bond acceptors (Lipinski definition) is 2. The SMILES string of the molecule is CCCNC(=O)[C@H](Cc1ccccc1)N(Cc1ccccc1C)C(=O)Cc1c(F)cccc1Cl. The molecule has 1 atom stereocenters. The maximum atomic E-state index is 14.5. The van der Waals surface area contributed by atoms with Crippen molar-refractivity contribution in [1.29, 1.82) is 0 Å². The average Bonchev–Trinajstić information content (AvgIpc) is 2.83. The Hall–Kier alpha value is -3.18. The second-order valence-corrected chi connectivity index (χ2v) is 8.73. The monoisotopic (exact) mass is 480 g/mol. The minimum absolute atomic E-state index is 0.136. The number of hydrogen-bond donors (Lipinski definition) is 1. The maximum absolute atomic E-state index is 14.5. The zero-order chi connectivity index (χ0) is 24.5. The van der Waals surface area contributed by atoms with Gasteiger partial charge in [-0.05, 0) is 42.2 Å². The van der Waals surface area contributed by atoms with Crippen molar-refractivity contribution in [3.63, 3.8) is 0 Å². The van der Waals surface area contributed by atoms with Crippen LogP contribution in [0, 0.1) is 12.7 Å². The lowest BCUT2D eigenvalue weighted by Gasteiger charge is -2.32. The predicted molar refractivity (Wildman–Crippen MR) is 134 cm³/mol. The van der Waals surface area contributed by atoms with Gasteiger partial charge in [0.2, 0.25) is 11.8 Å². The topological polar surface area (TPSA) is 49.4 Å². The van der Waals surface area contributed by atoms with Crippen molar-refractivity contribution in [2.75, 3.05) is 6.54 Å². The summed E-state index contributed by atoms with van der Waals surface area (Å²) in [6.07, 6.45) is 0.892. The average molecular weight is 481 g/mol. The summed E-state index contributed by atoms with van der Waals surface area (Å²) < 4.78 is 14.5. The Bertz CT molecular complexity index is 1100. The third kappa shape index (κ3) is 6.67. The summed E-state index contributed by atoms with van der Waals surface area (Å²) in [6.45, 7) is 4.68. The minimum Gasteiger partial charge on any atom is -0.354 e. The molecule has 0 saturated heterocycles. The first-order chi connectivity index (χ1) is 16.4. The fraction of sp³-hybridized carbons (Fsp3) is 0.286. The van der Waals surface area contributed by atoms with Gasteiger partial charge in [0.25, 0.3) is 0 Å². The Morgan fingerprint density at radius 1 is 1.00 bits per heavy atom. The smallest absolute Gasteiger partial charge is 0.243 e. The molecule has 0 unspecified atom stereocenters. The molecule has 0 spiro atoms. The standard InChI is InChI=1S/C28H30ClFN2O2/c1-3-16-31-28(34)26(17-21-11-5-4-6-12-21)32(19-22-13-8-7-10-20(22)2)27(33)18-23-24(29)14-9-15-25(23)30/h4-15,26H,3,16-19H2,1-2H3,(H,31,34)/t26-/m0/s1. The summed E-state index contributed by atoms with van der Waals surface area (Å²) >= 11 is 6.21. The molecule has 0 aromatic heterocycles. The number of carbonyl (C=O) groups excluding carboxylic acids is 2. The molecular weight excluding hydrogens is 451 g/mol. The van der Waals surface area contributed by atoms with Crippen molar-refractivity contribution in [3.8, 4) is 0 Å². The van der Waals surface area contributed by atoms with Crippen LogP contribution in [-0.2, 0) is 29.0 Å². The summed E-state index contributed by atoms with van der Waals surface area (Å²) in [5, 5.41) is 3.14. The van der Waals surface area contributed by atoms with Gasteiger partial charge in [-0.3, -0.25) is 9.59 Å². The van der Waals surface area contributed by atoms with Gasteiger partial charge in [-0.25, -0.2) is 4.39 Å². The van der Waals surface area contributed by atoms with E-state index in [1.165, 1.54) is 12.1 Å². The number of benzene rings is 3. The van der Waals surface area contributed by atoms with E-state index in [-0.39, 0.29) is 35.4 Å². The molecule has 1 N–H and O–H groups in total. The second-order valence-electron chi connectivity index (χ2n) is 8.32. The first kappa shape index (κ1) is 25.4. The van der Waals surface area contributed by atoms with Crippen LogP contribution in [0.2, 0.25) is 5.02 Å². The number of halogens is 2. The summed E-state index contributed by atoms with van der Waals surface area (Å²) in [5.74, 6) is -1.12. The van der Waals surface area contributed by atoms with Gasteiger partial charge < -0.3 is 10.2 Å². The first-order valence-electron chi connectivity index (χ1n) is 11.5. The molecule has 178 valence electrons. The normalized spacial score (nSPS) is 11.6. The molecule has 0 fully saturated rings. The van der Waals surface area contributed by atoms with Crippen LogP contribution in [0.1, 0.15) is 35.6 Å². The van der Waals surface area contributed by atoms with E-state index in [0.717, 1.165) is 23.1 Å². The first-order valence-corrected chi connectivity index (χ1v) is 11.9. The third-order valence-corrected chi connectivity index (χ3v) is 6.17. The highest BCUT2D eigenvalue weighted by Crippen LogP contribution is 2.23. The van der Waals surface area contributed by atoms with Gasteiger partial charge >= 0.3 is 0 Å². The number of carbonyl (C=O) groups is 2. The van der Waals surface area contributed by atoms with E-state index in [9.17, 15) is 14.0 Å². The van der Waals surface area contributed by atoms with Gasteiger partial charge in [0.15, 0.2) is 0 Å². The van der Waals surface area contributed by atoms with Crippen LogP contribution in [0.25, 0.3) is 0 Å². The van der Waals surface area contributed by atoms with E-state index in [1.807, 2.05) is 68.4 Å². The lowest BCUT2D eigenvalue weighted by Crippen LogP contribution is -2.51. The Morgan fingerprint density at radius 3 is 2.38 bits per heavy atom. The lowest BCUT2D eigenvalue weighted by atomic mass is 10.00. The number of rotatable bonds is 10. The van der Waals surface area contributed by atoms with Crippen molar-refractivity contribution in [2.45, 2.75) is 45.7 Å². The highest BCUT2D eigenvalue weighted by molar-refractivity contribution is 6.31. The summed E-state index contributed by atoms with van der Waals surface area (Å²) in [5.41, 5.74) is 3.01. The van der Waals surface area contributed by atoms with E-state index in [4.69, 9.17) is 11.6 Å². The van der Waals surface area contributed by atoms with Crippen molar-refractivity contribution < 1.29 is 14.0 Å². The molecular formula is C28H30ClFN2O2. The van der Waals surface area contributed by atoms with Crippen LogP contribution in [0.5, 0.6) is 0 Å². The largest absolute Gasteiger partial charge is 0.354 e. The molecule has 6 heteroatoms. The number of nitrogens with zero attached hydrogens (tertiary/aromatic N) is 1. The summed E-state index contributed by atoms with van der Waals surface area (Å²) in [6, 6.07) is 20.9. The van der Waals surface area contributed by atoms with Gasteiger partial charge in [-0.1, -0.05) is 79.2 Å². The van der Waals surface area contributed by atoms with Crippen LogP contribution in [0.3, 0.4) is 0 Å². The second kappa shape index (κ2) is 12.3. The van der Waals surface area contributed by atoms with Gasteiger partial charge in [0.05, 0.1) is 6.42 Å².